The second kappa shape index (κ2) is 34.5. The molecule has 30 rings (SSSR count). The van der Waals surface area contributed by atoms with Crippen LogP contribution in [0, 0.1) is 0 Å². The van der Waals surface area contributed by atoms with E-state index in [2.05, 4.69) is 573 Å². The van der Waals surface area contributed by atoms with Gasteiger partial charge in [0, 0.05) is 98.8 Å². The van der Waals surface area contributed by atoms with Crippen molar-refractivity contribution in [3.8, 4) is 101 Å². The van der Waals surface area contributed by atoms with Gasteiger partial charge in [0.25, 0.3) is 0 Å². The van der Waals surface area contributed by atoms with E-state index in [1.165, 1.54) is 247 Å². The van der Waals surface area contributed by atoms with Crippen LogP contribution in [0.5, 0.6) is 0 Å². The van der Waals surface area contributed by atoms with Crippen molar-refractivity contribution in [2.24, 2.45) is 0 Å². The van der Waals surface area contributed by atoms with Gasteiger partial charge in [-0.15, -0.1) is 0 Å². The minimum Gasteiger partial charge on any atom is -0.309 e. The molecule has 0 spiro atoms. The molecule has 0 amide bonds. The van der Waals surface area contributed by atoms with Gasteiger partial charge >= 0.3 is 0 Å². The lowest BCUT2D eigenvalue weighted by atomic mass is 9.98. The third kappa shape index (κ3) is 13.8. The number of para-hydroxylation sites is 6. The third-order valence-corrected chi connectivity index (χ3v) is 29.7. The van der Waals surface area contributed by atoms with Crippen molar-refractivity contribution in [3.05, 3.63) is 546 Å². The quantitative estimate of drug-likeness (QED) is 0.117. The van der Waals surface area contributed by atoms with E-state index < -0.39 is 0 Å². The third-order valence-electron chi connectivity index (χ3n) is 29.7. The molecule has 6 nitrogen and oxygen atoms in total. The monoisotopic (exact) mass is 1830 g/mol. The molecule has 0 unspecified atom stereocenters. The molecule has 24 aromatic carbocycles. The molecule has 0 radical (unpaired) electrons. The second-order valence-corrected chi connectivity index (χ2v) is 37.7. The van der Waals surface area contributed by atoms with Crippen molar-refractivity contribution in [1.82, 2.24) is 27.4 Å². The van der Waals surface area contributed by atoms with Gasteiger partial charge in [0.15, 0.2) is 0 Å². The van der Waals surface area contributed by atoms with Crippen LogP contribution in [-0.4, -0.2) is 27.4 Å². The number of benzene rings is 24. The van der Waals surface area contributed by atoms with Gasteiger partial charge in [-0.05, 0) is 257 Å². The van der Waals surface area contributed by atoms with Gasteiger partial charge in [0.05, 0.1) is 66.2 Å². The first kappa shape index (κ1) is 83.1. The van der Waals surface area contributed by atoms with Crippen LogP contribution >= 0.6 is 0 Å². The highest BCUT2D eigenvalue weighted by molar-refractivity contribution is 6.32. The fourth-order valence-electron chi connectivity index (χ4n) is 23.3. The maximum Gasteiger partial charge on any atom is 0.0548 e. The Kier molecular flexibility index (Phi) is 19.9. The van der Waals surface area contributed by atoms with Crippen molar-refractivity contribution < 1.29 is 0 Å². The van der Waals surface area contributed by atoms with Crippen molar-refractivity contribution in [3.63, 3.8) is 0 Å². The van der Waals surface area contributed by atoms with E-state index in [0.717, 1.165) is 17.1 Å². The van der Waals surface area contributed by atoms with E-state index in [1.54, 1.807) is 0 Å². The number of rotatable bonds is 12. The Labute approximate surface area is 831 Å². The number of aromatic nitrogens is 6. The first-order valence-electron chi connectivity index (χ1n) is 49.6. The highest BCUT2D eigenvalue weighted by Crippen LogP contribution is 2.50. The first-order valence-corrected chi connectivity index (χ1v) is 49.6. The average molecular weight is 1830 g/mol. The van der Waals surface area contributed by atoms with E-state index >= 15 is 0 Å². The fourth-order valence-corrected chi connectivity index (χ4v) is 23.3. The van der Waals surface area contributed by atoms with Crippen LogP contribution in [-0.2, 0) is 0 Å². The average Bonchev–Trinajstić information content (AvgIpc) is 1.55. The Morgan fingerprint density at radius 1 is 0.0972 bits per heavy atom. The molecule has 0 aliphatic rings. The van der Waals surface area contributed by atoms with Crippen molar-refractivity contribution in [1.29, 1.82) is 0 Å². The van der Waals surface area contributed by atoms with E-state index in [4.69, 9.17) is 0 Å². The summed E-state index contributed by atoms with van der Waals surface area (Å²) in [5, 5.41) is 22.8. The zero-order chi connectivity index (χ0) is 94.8. The number of fused-ring (bicyclic) bond motifs is 24. The van der Waals surface area contributed by atoms with Crippen LogP contribution in [0.15, 0.2) is 546 Å². The summed E-state index contributed by atoms with van der Waals surface area (Å²) < 4.78 is 14.6. The van der Waals surface area contributed by atoms with Gasteiger partial charge in [-0.25, -0.2) is 0 Å². The highest BCUT2D eigenvalue weighted by atomic mass is 15.0. The standard InChI is InChI=1S/3C46H30N2/c1-3-13-31(14-4-1)33-25-26-40-44(30-33)48(36-20-11-17-34(29-36)38-23-12-16-32-15-7-8-21-37(32)38)43-28-27-42-45(46(40)43)39-22-9-10-24-41(39)47(42)35-18-5-2-6-19-35;1-3-12-31(13-4-1)34-24-27-40-44(30-34)48(36-25-22-33(23-26-36)38-20-11-15-32-14-7-8-18-37(32)38)43-29-28-42-45(46(40)43)39-19-9-10-21-41(39)47(42)35-16-5-2-6-17-35;1-3-11-31(12-4-1)36-23-26-42-40(30-36)46-44(28-27-43-45(46)39-17-9-10-18-41(39)47(43)37-15-5-2-6-16-37)48(42)38-24-21-33(22-25-38)35-20-19-32-13-7-8-14-34(32)29-35/h3*1-30H. The van der Waals surface area contributed by atoms with Crippen LogP contribution in [0.4, 0.5) is 0 Å². The molecule has 0 saturated heterocycles. The summed E-state index contributed by atoms with van der Waals surface area (Å²) in [7, 11) is 0. The number of nitrogens with zero attached hydrogens (tertiary/aromatic N) is 6. The van der Waals surface area contributed by atoms with E-state index in [0.29, 0.717) is 0 Å². The molecule has 144 heavy (non-hydrogen) atoms. The summed E-state index contributed by atoms with van der Waals surface area (Å²) in [6, 6.07) is 198. The van der Waals surface area contributed by atoms with Gasteiger partial charge < -0.3 is 27.4 Å². The van der Waals surface area contributed by atoms with Gasteiger partial charge in [-0.3, -0.25) is 0 Å². The molecule has 30 aromatic rings. The molecule has 0 atom stereocenters. The predicted octanol–water partition coefficient (Wildman–Crippen LogP) is 37.1. The lowest BCUT2D eigenvalue weighted by Gasteiger charge is -2.13. The smallest absolute Gasteiger partial charge is 0.0548 e. The zero-order valence-corrected chi connectivity index (χ0v) is 78.6. The van der Waals surface area contributed by atoms with Gasteiger partial charge in [0.1, 0.15) is 0 Å². The van der Waals surface area contributed by atoms with Crippen LogP contribution in [0.25, 0.3) is 264 Å². The maximum absolute atomic E-state index is 2.47. The summed E-state index contributed by atoms with van der Waals surface area (Å²) in [5.41, 5.74) is 36.1. The zero-order valence-electron chi connectivity index (χ0n) is 78.6. The number of hydrogen-bond acceptors (Lipinski definition) is 0. The summed E-state index contributed by atoms with van der Waals surface area (Å²) in [6.45, 7) is 0. The van der Waals surface area contributed by atoms with Gasteiger partial charge in [-0.2, -0.15) is 0 Å². The largest absolute Gasteiger partial charge is 0.309 e. The molecule has 6 heterocycles. The van der Waals surface area contributed by atoms with Crippen molar-refractivity contribution >= 4 is 163 Å². The van der Waals surface area contributed by atoms with Crippen LogP contribution in [0.3, 0.4) is 0 Å². The minimum atomic E-state index is 1.15. The van der Waals surface area contributed by atoms with Crippen molar-refractivity contribution in [2.45, 2.75) is 0 Å². The van der Waals surface area contributed by atoms with Gasteiger partial charge in [0.2, 0.25) is 0 Å². The summed E-state index contributed by atoms with van der Waals surface area (Å²) >= 11 is 0. The molecule has 672 valence electrons. The van der Waals surface area contributed by atoms with E-state index in [-0.39, 0.29) is 0 Å². The Balaban J connectivity index is 0.000000105. The number of hydrogen-bond donors (Lipinski definition) is 0. The molecular weight excluding hydrogens is 1740 g/mol. The summed E-state index contributed by atoms with van der Waals surface area (Å²) in [5.74, 6) is 0. The predicted molar refractivity (Wildman–Crippen MR) is 610 cm³/mol. The Morgan fingerprint density at radius 3 is 0.778 bits per heavy atom. The molecule has 0 aliphatic carbocycles. The normalized spacial score (nSPS) is 11.8. The second-order valence-electron chi connectivity index (χ2n) is 37.7. The van der Waals surface area contributed by atoms with Crippen molar-refractivity contribution in [2.75, 3.05) is 0 Å². The SMILES string of the molecule is c1ccc(-c2ccc3c(c2)c2c4c5ccccc5n(-c5ccccc5)c4ccc2n3-c2ccc(-c3ccc4ccccc4c3)cc2)cc1.c1ccc(-c2ccc3c4c5c6ccccc6n(-c6ccccc6)c5ccc4n(-c4ccc(-c5cccc6ccccc56)cc4)c3c2)cc1.c1ccc(-c2ccc3c4c5c6ccccc6n(-c6ccccc6)c5ccc4n(-c4cccc(-c5cccc6ccccc56)c4)c3c2)cc1. The Morgan fingerprint density at radius 2 is 0.347 bits per heavy atom. The fraction of sp³-hybridized carbons (Fsp3) is 0. The van der Waals surface area contributed by atoms with Gasteiger partial charge in [-0.1, -0.05) is 388 Å². The van der Waals surface area contributed by atoms with E-state index in [1.807, 2.05) is 0 Å². The van der Waals surface area contributed by atoms with E-state index in [9.17, 15) is 0 Å². The maximum atomic E-state index is 2.47. The van der Waals surface area contributed by atoms with Crippen LogP contribution in [0.2, 0.25) is 0 Å². The Bertz CT molecular complexity index is 10300. The lowest BCUT2D eigenvalue weighted by Crippen LogP contribution is -1.95. The molecular formula is C138H90N6. The lowest BCUT2D eigenvalue weighted by molar-refractivity contribution is 1.17. The molecule has 6 heteroatoms. The minimum absolute atomic E-state index is 1.15. The molecule has 0 fully saturated rings. The molecule has 0 N–H and O–H groups in total. The topological polar surface area (TPSA) is 29.6 Å². The molecule has 0 saturated carbocycles. The molecule has 6 aromatic heterocycles. The Hall–Kier alpha value is -19.1. The highest BCUT2D eigenvalue weighted by Gasteiger charge is 2.27. The molecule has 0 bridgehead atoms. The first-order chi connectivity index (χ1) is 71.5. The summed E-state index contributed by atoms with van der Waals surface area (Å²) in [4.78, 5) is 0. The van der Waals surface area contributed by atoms with Crippen LogP contribution < -0.4 is 0 Å². The molecule has 0 aliphatic heterocycles. The summed E-state index contributed by atoms with van der Waals surface area (Å²) in [6.07, 6.45) is 0. The van der Waals surface area contributed by atoms with Crippen LogP contribution in [0.1, 0.15) is 0 Å².